The standard InChI is InChI=1S/C12H16BrN3OS/c1-8(2)14-5-3-4-11-15-12(16-17-11)10-6-9(13)7-18-10/h6-8,14H,3-5H2,1-2H3. The van der Waals surface area contributed by atoms with E-state index >= 15 is 0 Å². The zero-order valence-electron chi connectivity index (χ0n) is 10.4. The monoisotopic (exact) mass is 329 g/mol. The van der Waals surface area contributed by atoms with Crippen LogP contribution in [0.15, 0.2) is 20.4 Å². The first-order valence-corrected chi connectivity index (χ1v) is 7.63. The van der Waals surface area contributed by atoms with Gasteiger partial charge in [0, 0.05) is 22.3 Å². The van der Waals surface area contributed by atoms with Crippen molar-refractivity contribution in [2.24, 2.45) is 0 Å². The highest BCUT2D eigenvalue weighted by Gasteiger charge is 2.10. The van der Waals surface area contributed by atoms with Crippen molar-refractivity contribution in [1.82, 2.24) is 15.5 Å². The SMILES string of the molecule is CC(C)NCCCc1nc(-c2cc(Br)cs2)no1. The predicted molar refractivity (Wildman–Crippen MR) is 76.8 cm³/mol. The van der Waals surface area contributed by atoms with Crippen molar-refractivity contribution < 1.29 is 4.52 Å². The molecule has 2 aromatic rings. The fourth-order valence-corrected chi connectivity index (χ4v) is 2.87. The van der Waals surface area contributed by atoms with Crippen LogP contribution in [-0.4, -0.2) is 22.7 Å². The Morgan fingerprint density at radius 1 is 1.50 bits per heavy atom. The normalized spacial score (nSPS) is 11.3. The van der Waals surface area contributed by atoms with Crippen molar-refractivity contribution in [2.45, 2.75) is 32.7 Å². The van der Waals surface area contributed by atoms with E-state index in [0.29, 0.717) is 17.8 Å². The fraction of sp³-hybridized carbons (Fsp3) is 0.500. The van der Waals surface area contributed by atoms with E-state index in [-0.39, 0.29) is 0 Å². The van der Waals surface area contributed by atoms with E-state index in [1.165, 1.54) is 0 Å². The van der Waals surface area contributed by atoms with Gasteiger partial charge in [-0.3, -0.25) is 0 Å². The van der Waals surface area contributed by atoms with E-state index in [1.807, 2.05) is 11.4 Å². The number of nitrogens with one attached hydrogen (secondary N) is 1. The van der Waals surface area contributed by atoms with Gasteiger partial charge >= 0.3 is 0 Å². The van der Waals surface area contributed by atoms with Crippen LogP contribution in [0.2, 0.25) is 0 Å². The summed E-state index contributed by atoms with van der Waals surface area (Å²) in [4.78, 5) is 5.42. The van der Waals surface area contributed by atoms with Crippen LogP contribution in [0.4, 0.5) is 0 Å². The number of nitrogens with zero attached hydrogens (tertiary/aromatic N) is 2. The lowest BCUT2D eigenvalue weighted by molar-refractivity contribution is 0.374. The molecule has 0 aromatic carbocycles. The molecule has 0 unspecified atom stereocenters. The van der Waals surface area contributed by atoms with Gasteiger partial charge in [-0.1, -0.05) is 19.0 Å². The molecule has 98 valence electrons. The zero-order chi connectivity index (χ0) is 13.0. The van der Waals surface area contributed by atoms with Gasteiger partial charge in [-0.25, -0.2) is 0 Å². The van der Waals surface area contributed by atoms with Crippen molar-refractivity contribution in [1.29, 1.82) is 0 Å². The first-order chi connectivity index (χ1) is 8.65. The summed E-state index contributed by atoms with van der Waals surface area (Å²) in [7, 11) is 0. The highest BCUT2D eigenvalue weighted by atomic mass is 79.9. The van der Waals surface area contributed by atoms with Crippen molar-refractivity contribution in [3.05, 3.63) is 21.8 Å². The molecular formula is C12H16BrN3OS. The molecule has 0 spiro atoms. The van der Waals surface area contributed by atoms with E-state index < -0.39 is 0 Å². The number of hydrogen-bond acceptors (Lipinski definition) is 5. The van der Waals surface area contributed by atoms with Crippen molar-refractivity contribution in [3.8, 4) is 10.7 Å². The Kier molecular flexibility index (Phi) is 4.91. The largest absolute Gasteiger partial charge is 0.339 e. The minimum absolute atomic E-state index is 0.520. The van der Waals surface area contributed by atoms with Crippen molar-refractivity contribution in [3.63, 3.8) is 0 Å². The topological polar surface area (TPSA) is 51.0 Å². The summed E-state index contributed by atoms with van der Waals surface area (Å²) in [6, 6.07) is 2.52. The first kappa shape index (κ1) is 13.7. The van der Waals surface area contributed by atoms with Gasteiger partial charge in [0.2, 0.25) is 11.7 Å². The molecule has 18 heavy (non-hydrogen) atoms. The van der Waals surface area contributed by atoms with E-state index in [1.54, 1.807) is 11.3 Å². The first-order valence-electron chi connectivity index (χ1n) is 5.95. The van der Waals surface area contributed by atoms with Gasteiger partial charge in [-0.2, -0.15) is 4.98 Å². The van der Waals surface area contributed by atoms with Gasteiger partial charge in [0.05, 0.1) is 4.88 Å². The second kappa shape index (κ2) is 6.45. The third-order valence-electron chi connectivity index (χ3n) is 2.38. The Hall–Kier alpha value is -0.720. The highest BCUT2D eigenvalue weighted by molar-refractivity contribution is 9.10. The van der Waals surface area contributed by atoms with Crippen LogP contribution < -0.4 is 5.32 Å². The minimum Gasteiger partial charge on any atom is -0.339 e. The molecule has 6 heteroatoms. The Morgan fingerprint density at radius 3 is 3.00 bits per heavy atom. The quantitative estimate of drug-likeness (QED) is 0.824. The van der Waals surface area contributed by atoms with Crippen LogP contribution in [-0.2, 0) is 6.42 Å². The van der Waals surface area contributed by atoms with Gasteiger partial charge in [0.1, 0.15) is 0 Å². The second-order valence-corrected chi connectivity index (χ2v) is 6.18. The molecule has 2 rings (SSSR count). The molecule has 0 saturated carbocycles. The molecule has 0 bridgehead atoms. The van der Waals surface area contributed by atoms with E-state index in [9.17, 15) is 0 Å². The summed E-state index contributed by atoms with van der Waals surface area (Å²) in [5, 5.41) is 9.37. The van der Waals surface area contributed by atoms with Gasteiger partial charge in [-0.05, 0) is 35.0 Å². The van der Waals surface area contributed by atoms with E-state index in [4.69, 9.17) is 4.52 Å². The van der Waals surface area contributed by atoms with Gasteiger partial charge < -0.3 is 9.84 Å². The lowest BCUT2D eigenvalue weighted by atomic mass is 10.3. The molecule has 0 aliphatic carbocycles. The lowest BCUT2D eigenvalue weighted by Crippen LogP contribution is -2.23. The molecular weight excluding hydrogens is 314 g/mol. The maximum atomic E-state index is 5.24. The number of aryl methyl sites for hydroxylation is 1. The molecule has 0 atom stereocenters. The third-order valence-corrected chi connectivity index (χ3v) is 4.06. The van der Waals surface area contributed by atoms with Crippen LogP contribution in [0.5, 0.6) is 0 Å². The molecule has 4 nitrogen and oxygen atoms in total. The summed E-state index contributed by atoms with van der Waals surface area (Å²) in [5.74, 6) is 1.39. The number of halogens is 1. The summed E-state index contributed by atoms with van der Waals surface area (Å²) in [6.07, 6.45) is 1.83. The molecule has 2 aromatic heterocycles. The fourth-order valence-electron chi connectivity index (χ4n) is 1.52. The Labute approximate surface area is 119 Å². The average molecular weight is 330 g/mol. The summed E-state index contributed by atoms with van der Waals surface area (Å²) in [6.45, 7) is 5.25. The molecule has 1 N–H and O–H groups in total. The summed E-state index contributed by atoms with van der Waals surface area (Å²) in [5.41, 5.74) is 0. The maximum Gasteiger partial charge on any atom is 0.227 e. The maximum absolute atomic E-state index is 5.24. The summed E-state index contributed by atoms with van der Waals surface area (Å²) >= 11 is 5.02. The molecule has 0 saturated heterocycles. The van der Waals surface area contributed by atoms with Crippen molar-refractivity contribution in [2.75, 3.05) is 6.54 Å². The Bertz CT molecular complexity index is 495. The number of rotatable bonds is 6. The van der Waals surface area contributed by atoms with Gasteiger partial charge in [-0.15, -0.1) is 11.3 Å². The lowest BCUT2D eigenvalue weighted by Gasteiger charge is -2.05. The third kappa shape index (κ3) is 3.90. The molecule has 0 radical (unpaired) electrons. The summed E-state index contributed by atoms with van der Waals surface area (Å²) < 4.78 is 6.29. The molecule has 0 aliphatic heterocycles. The molecule has 0 aliphatic rings. The van der Waals surface area contributed by atoms with Crippen LogP contribution in [0.3, 0.4) is 0 Å². The van der Waals surface area contributed by atoms with Gasteiger partial charge in [0.25, 0.3) is 0 Å². The van der Waals surface area contributed by atoms with Crippen molar-refractivity contribution >= 4 is 27.3 Å². The minimum atomic E-state index is 0.520. The molecule has 2 heterocycles. The van der Waals surface area contributed by atoms with Crippen LogP contribution in [0, 0.1) is 0 Å². The second-order valence-electron chi connectivity index (χ2n) is 4.35. The van der Waals surface area contributed by atoms with Crippen LogP contribution >= 0.6 is 27.3 Å². The highest BCUT2D eigenvalue weighted by Crippen LogP contribution is 2.27. The Balaban J connectivity index is 1.86. The number of aromatic nitrogens is 2. The zero-order valence-corrected chi connectivity index (χ0v) is 12.8. The molecule has 0 fully saturated rings. The number of thiophene rings is 1. The average Bonchev–Trinajstić information content (AvgIpc) is 2.93. The predicted octanol–water partition coefficient (Wildman–Crippen LogP) is 3.49. The van der Waals surface area contributed by atoms with E-state index in [2.05, 4.69) is 45.2 Å². The smallest absolute Gasteiger partial charge is 0.227 e. The Morgan fingerprint density at radius 2 is 2.33 bits per heavy atom. The number of hydrogen-bond donors (Lipinski definition) is 1. The van der Waals surface area contributed by atoms with Crippen LogP contribution in [0.25, 0.3) is 10.7 Å². The molecule has 0 amide bonds. The van der Waals surface area contributed by atoms with Gasteiger partial charge in [0.15, 0.2) is 0 Å². The van der Waals surface area contributed by atoms with E-state index in [0.717, 1.165) is 28.7 Å². The van der Waals surface area contributed by atoms with Crippen LogP contribution in [0.1, 0.15) is 26.2 Å².